The fraction of sp³-hybridized carbons (Fsp3) is 0.625. The van der Waals surface area contributed by atoms with Gasteiger partial charge in [0, 0.05) is 31.7 Å². The van der Waals surface area contributed by atoms with E-state index >= 15 is 0 Å². The summed E-state index contributed by atoms with van der Waals surface area (Å²) < 4.78 is 25.4. The highest BCUT2D eigenvalue weighted by Gasteiger charge is 2.43. The minimum Gasteiger partial charge on any atom is -0.491 e. The summed E-state index contributed by atoms with van der Waals surface area (Å²) in [6, 6.07) is 5.60. The summed E-state index contributed by atoms with van der Waals surface area (Å²) in [5.41, 5.74) is 1.23. The van der Waals surface area contributed by atoms with E-state index in [4.69, 9.17) is 9.47 Å². The molecule has 1 aromatic carbocycles. The van der Waals surface area contributed by atoms with Crippen LogP contribution in [0.3, 0.4) is 0 Å². The van der Waals surface area contributed by atoms with Crippen LogP contribution in [-0.2, 0) is 4.74 Å². The molecule has 1 atom stereocenters. The molecule has 2 saturated heterocycles. The van der Waals surface area contributed by atoms with Crippen molar-refractivity contribution in [3.63, 3.8) is 0 Å². The van der Waals surface area contributed by atoms with Gasteiger partial charge in [0.15, 0.2) is 0 Å². The Morgan fingerprint density at radius 3 is 2.70 bits per heavy atom. The monoisotopic (exact) mass is 416 g/mol. The van der Waals surface area contributed by atoms with Gasteiger partial charge in [-0.25, -0.2) is 4.39 Å². The van der Waals surface area contributed by atoms with Crippen molar-refractivity contribution < 1.29 is 18.7 Å². The fourth-order valence-electron chi connectivity index (χ4n) is 4.32. The molecule has 0 bridgehead atoms. The minimum absolute atomic E-state index is 0.0237. The van der Waals surface area contributed by atoms with Gasteiger partial charge in [-0.1, -0.05) is 5.92 Å². The standard InChI is InChI=1S/C24H33FN2O3/c1-5-6-11-26-16-21(15-25)30-24(17-26)9-12-27(13-10-24)23(28)20-7-8-22(19(4)14-20)29-18(2)3/h7-8,14,18,21H,9-13,15-17H2,1-4H3. The van der Waals surface area contributed by atoms with Crippen molar-refractivity contribution in [2.24, 2.45) is 0 Å². The lowest BCUT2D eigenvalue weighted by Crippen LogP contribution is -2.60. The highest BCUT2D eigenvalue weighted by Crippen LogP contribution is 2.33. The molecular formula is C24H33FN2O3. The van der Waals surface area contributed by atoms with Crippen molar-refractivity contribution in [1.29, 1.82) is 0 Å². The fourth-order valence-corrected chi connectivity index (χ4v) is 4.32. The predicted molar refractivity (Wildman–Crippen MR) is 116 cm³/mol. The second-order valence-electron chi connectivity index (χ2n) is 8.61. The SMILES string of the molecule is CC#CCN1CC(CF)OC2(CCN(C(=O)c3ccc(OC(C)C)c(C)c3)CC2)C1. The van der Waals surface area contributed by atoms with Crippen LogP contribution >= 0.6 is 0 Å². The smallest absolute Gasteiger partial charge is 0.253 e. The van der Waals surface area contributed by atoms with Crippen LogP contribution in [0.2, 0.25) is 0 Å². The predicted octanol–water partition coefficient (Wildman–Crippen LogP) is 3.45. The van der Waals surface area contributed by atoms with E-state index in [2.05, 4.69) is 16.7 Å². The number of benzene rings is 1. The molecule has 5 nitrogen and oxygen atoms in total. The Balaban J connectivity index is 1.64. The quantitative estimate of drug-likeness (QED) is 0.690. The molecule has 3 rings (SSSR count). The Labute approximate surface area is 179 Å². The molecule has 1 amide bonds. The summed E-state index contributed by atoms with van der Waals surface area (Å²) >= 11 is 0. The third-order valence-electron chi connectivity index (χ3n) is 5.79. The number of carbonyl (C=O) groups is 1. The van der Waals surface area contributed by atoms with Crippen molar-refractivity contribution in [1.82, 2.24) is 9.80 Å². The number of alkyl halides is 1. The minimum atomic E-state index is -0.496. The first-order valence-electron chi connectivity index (χ1n) is 10.8. The second-order valence-corrected chi connectivity index (χ2v) is 8.61. The van der Waals surface area contributed by atoms with Gasteiger partial charge in [0.05, 0.1) is 24.4 Å². The molecule has 0 aromatic heterocycles. The number of piperidine rings is 1. The summed E-state index contributed by atoms with van der Waals surface area (Å²) in [4.78, 5) is 17.1. The first-order chi connectivity index (χ1) is 14.4. The van der Waals surface area contributed by atoms with Gasteiger partial charge in [0.25, 0.3) is 5.91 Å². The number of amides is 1. The second kappa shape index (κ2) is 9.80. The van der Waals surface area contributed by atoms with Gasteiger partial charge in [0.1, 0.15) is 12.4 Å². The Bertz CT molecular complexity index is 806. The van der Waals surface area contributed by atoms with E-state index in [0.717, 1.165) is 17.9 Å². The molecule has 0 N–H and O–H groups in total. The summed E-state index contributed by atoms with van der Waals surface area (Å²) in [5.74, 6) is 6.82. The molecular weight excluding hydrogens is 383 g/mol. The summed E-state index contributed by atoms with van der Waals surface area (Å²) in [6.07, 6.45) is 1.09. The van der Waals surface area contributed by atoms with Crippen LogP contribution in [0.25, 0.3) is 0 Å². The third kappa shape index (κ3) is 5.33. The van der Waals surface area contributed by atoms with Crippen molar-refractivity contribution in [2.45, 2.75) is 58.3 Å². The van der Waals surface area contributed by atoms with Crippen LogP contribution in [0, 0.1) is 18.8 Å². The lowest BCUT2D eigenvalue weighted by Gasteiger charge is -2.49. The maximum absolute atomic E-state index is 13.4. The number of hydrogen-bond donors (Lipinski definition) is 0. The summed E-state index contributed by atoms with van der Waals surface area (Å²) in [7, 11) is 0. The number of likely N-dealkylation sites (tertiary alicyclic amines) is 1. The Morgan fingerprint density at radius 2 is 2.10 bits per heavy atom. The van der Waals surface area contributed by atoms with Gasteiger partial charge in [-0.3, -0.25) is 9.69 Å². The molecule has 30 heavy (non-hydrogen) atoms. The lowest BCUT2D eigenvalue weighted by molar-refractivity contribution is -0.174. The van der Waals surface area contributed by atoms with Gasteiger partial charge in [-0.2, -0.15) is 0 Å². The van der Waals surface area contributed by atoms with E-state index in [9.17, 15) is 9.18 Å². The van der Waals surface area contributed by atoms with E-state index in [0.29, 0.717) is 44.6 Å². The van der Waals surface area contributed by atoms with Crippen molar-refractivity contribution in [2.75, 3.05) is 39.4 Å². The largest absolute Gasteiger partial charge is 0.491 e. The van der Waals surface area contributed by atoms with E-state index in [-0.39, 0.29) is 12.0 Å². The first kappa shape index (κ1) is 22.6. The van der Waals surface area contributed by atoms with Crippen molar-refractivity contribution in [3.8, 4) is 17.6 Å². The molecule has 0 saturated carbocycles. The lowest BCUT2D eigenvalue weighted by atomic mass is 9.88. The average Bonchev–Trinajstić information content (AvgIpc) is 2.73. The van der Waals surface area contributed by atoms with E-state index in [1.165, 1.54) is 0 Å². The maximum Gasteiger partial charge on any atom is 0.253 e. The number of rotatable bonds is 5. The van der Waals surface area contributed by atoms with Gasteiger partial charge >= 0.3 is 0 Å². The van der Waals surface area contributed by atoms with Gasteiger partial charge in [-0.15, -0.1) is 5.92 Å². The van der Waals surface area contributed by atoms with Crippen LogP contribution in [0.15, 0.2) is 18.2 Å². The van der Waals surface area contributed by atoms with Crippen molar-refractivity contribution >= 4 is 5.91 Å². The zero-order valence-corrected chi connectivity index (χ0v) is 18.5. The Morgan fingerprint density at radius 1 is 1.37 bits per heavy atom. The molecule has 1 spiro atoms. The molecule has 1 aromatic rings. The van der Waals surface area contributed by atoms with Crippen LogP contribution in [0.5, 0.6) is 5.75 Å². The summed E-state index contributed by atoms with van der Waals surface area (Å²) in [5, 5.41) is 0. The van der Waals surface area contributed by atoms with Crippen molar-refractivity contribution in [3.05, 3.63) is 29.3 Å². The Kier molecular flexibility index (Phi) is 7.38. The Hall–Kier alpha value is -2.10. The first-order valence-corrected chi connectivity index (χ1v) is 10.8. The topological polar surface area (TPSA) is 42.0 Å². The van der Waals surface area contributed by atoms with E-state index in [1.54, 1.807) is 0 Å². The van der Waals surface area contributed by atoms with Gasteiger partial charge in [0.2, 0.25) is 0 Å². The van der Waals surface area contributed by atoms with E-state index < -0.39 is 18.4 Å². The molecule has 0 radical (unpaired) electrons. The van der Waals surface area contributed by atoms with Gasteiger partial charge in [-0.05, 0) is 64.3 Å². The number of halogens is 1. The van der Waals surface area contributed by atoms with E-state index in [1.807, 2.05) is 50.8 Å². The van der Waals surface area contributed by atoms with Crippen LogP contribution in [0.1, 0.15) is 49.5 Å². The van der Waals surface area contributed by atoms with Crippen LogP contribution in [-0.4, -0.2) is 72.9 Å². The van der Waals surface area contributed by atoms with Crippen LogP contribution < -0.4 is 4.74 Å². The number of morpholine rings is 1. The number of nitrogens with zero attached hydrogens (tertiary/aromatic N) is 2. The normalized spacial score (nSPS) is 21.4. The highest BCUT2D eigenvalue weighted by atomic mass is 19.1. The molecule has 2 fully saturated rings. The number of ether oxygens (including phenoxy) is 2. The third-order valence-corrected chi connectivity index (χ3v) is 5.79. The van der Waals surface area contributed by atoms with Crippen LogP contribution in [0.4, 0.5) is 4.39 Å². The molecule has 2 aliphatic heterocycles. The molecule has 2 aliphatic rings. The molecule has 2 heterocycles. The molecule has 0 aliphatic carbocycles. The zero-order valence-electron chi connectivity index (χ0n) is 18.5. The summed E-state index contributed by atoms with van der Waals surface area (Å²) in [6.45, 7) is 10.4. The maximum atomic E-state index is 13.4. The average molecular weight is 417 g/mol. The molecule has 1 unspecified atom stereocenters. The number of aryl methyl sites for hydroxylation is 1. The molecule has 6 heteroatoms. The highest BCUT2D eigenvalue weighted by molar-refractivity contribution is 5.94. The number of hydrogen-bond acceptors (Lipinski definition) is 4. The molecule has 164 valence electrons. The van der Waals surface area contributed by atoms with Gasteiger partial charge < -0.3 is 14.4 Å². The zero-order chi connectivity index (χ0) is 21.7. The number of carbonyl (C=O) groups excluding carboxylic acids is 1.